The monoisotopic (exact) mass is 226 g/mol. The third-order valence-corrected chi connectivity index (χ3v) is 2.39. The fourth-order valence-electron chi connectivity index (χ4n) is 1.56. The van der Waals surface area contributed by atoms with E-state index in [9.17, 15) is 0 Å². The van der Waals surface area contributed by atoms with Gasteiger partial charge in [-0.25, -0.2) is 14.6 Å². The highest BCUT2D eigenvalue weighted by Gasteiger charge is 2.04. The molecule has 0 spiro atoms. The van der Waals surface area contributed by atoms with Gasteiger partial charge in [0.05, 0.1) is 23.8 Å². The van der Waals surface area contributed by atoms with Crippen molar-refractivity contribution in [1.82, 2.24) is 24.7 Å². The molecule has 0 aliphatic carbocycles. The Morgan fingerprint density at radius 2 is 1.94 bits per heavy atom. The van der Waals surface area contributed by atoms with Gasteiger partial charge in [0.25, 0.3) is 0 Å². The number of aromatic nitrogens is 5. The van der Waals surface area contributed by atoms with Crippen LogP contribution < -0.4 is 5.73 Å². The Kier molecular flexibility index (Phi) is 2.27. The molecule has 0 fully saturated rings. The number of hydrogen-bond acceptors (Lipinski definition) is 5. The maximum atomic E-state index is 5.46. The number of benzene rings is 1. The lowest BCUT2D eigenvalue weighted by molar-refractivity contribution is 0.808. The molecular weight excluding hydrogens is 216 g/mol. The van der Waals surface area contributed by atoms with E-state index in [0.717, 1.165) is 11.0 Å². The van der Waals surface area contributed by atoms with Gasteiger partial charge >= 0.3 is 0 Å². The molecule has 6 heteroatoms. The van der Waals surface area contributed by atoms with E-state index in [4.69, 9.17) is 5.73 Å². The van der Waals surface area contributed by atoms with Crippen LogP contribution in [0.15, 0.2) is 36.8 Å². The van der Waals surface area contributed by atoms with Crippen LogP contribution in [-0.2, 0) is 6.54 Å². The van der Waals surface area contributed by atoms with E-state index in [0.29, 0.717) is 18.2 Å². The Morgan fingerprint density at radius 1 is 1.12 bits per heavy atom. The molecule has 0 aliphatic rings. The van der Waals surface area contributed by atoms with Gasteiger partial charge in [0.1, 0.15) is 6.33 Å². The Hall–Kier alpha value is -2.34. The van der Waals surface area contributed by atoms with Gasteiger partial charge in [-0.05, 0) is 12.1 Å². The van der Waals surface area contributed by atoms with Crippen molar-refractivity contribution in [2.45, 2.75) is 6.54 Å². The van der Waals surface area contributed by atoms with Crippen molar-refractivity contribution in [2.24, 2.45) is 5.73 Å². The van der Waals surface area contributed by atoms with Crippen molar-refractivity contribution in [2.75, 3.05) is 0 Å². The van der Waals surface area contributed by atoms with Gasteiger partial charge in [-0.3, -0.25) is 4.98 Å². The van der Waals surface area contributed by atoms with E-state index in [-0.39, 0.29) is 0 Å². The second-order valence-corrected chi connectivity index (χ2v) is 3.53. The Bertz CT molecular complexity index is 660. The molecule has 0 saturated heterocycles. The lowest BCUT2D eigenvalue weighted by Crippen LogP contribution is -2.03. The van der Waals surface area contributed by atoms with Crippen LogP contribution in [0.2, 0.25) is 0 Å². The molecule has 2 heterocycles. The zero-order valence-electron chi connectivity index (χ0n) is 8.98. The van der Waals surface area contributed by atoms with E-state index in [1.807, 2.05) is 24.3 Å². The quantitative estimate of drug-likeness (QED) is 0.694. The zero-order chi connectivity index (χ0) is 11.7. The maximum absolute atomic E-state index is 5.46. The average molecular weight is 226 g/mol. The summed E-state index contributed by atoms with van der Waals surface area (Å²) in [5.74, 6) is 1.22. The Labute approximate surface area is 97.1 Å². The summed E-state index contributed by atoms with van der Waals surface area (Å²) < 4.78 is 1.57. The minimum absolute atomic E-state index is 0.314. The molecule has 84 valence electrons. The number of hydrogen-bond donors (Lipinski definition) is 1. The summed E-state index contributed by atoms with van der Waals surface area (Å²) in [5.41, 5.74) is 7.14. The van der Waals surface area contributed by atoms with Gasteiger partial charge in [-0.1, -0.05) is 12.1 Å². The third kappa shape index (κ3) is 1.74. The number of para-hydroxylation sites is 2. The van der Waals surface area contributed by atoms with Crippen LogP contribution in [0.25, 0.3) is 16.9 Å². The van der Waals surface area contributed by atoms with Crippen molar-refractivity contribution in [1.29, 1.82) is 0 Å². The maximum Gasteiger partial charge on any atom is 0.174 e. The summed E-state index contributed by atoms with van der Waals surface area (Å²) in [6.07, 6.45) is 3.25. The molecule has 3 aromatic rings. The average Bonchev–Trinajstić information content (AvgIpc) is 2.87. The van der Waals surface area contributed by atoms with E-state index < -0.39 is 0 Å². The highest BCUT2D eigenvalue weighted by molar-refractivity contribution is 5.74. The first-order valence-electron chi connectivity index (χ1n) is 5.19. The van der Waals surface area contributed by atoms with E-state index in [2.05, 4.69) is 20.1 Å². The number of nitrogens with zero attached hydrogens (tertiary/aromatic N) is 5. The number of nitrogens with two attached hydrogens (primary N) is 1. The van der Waals surface area contributed by atoms with Gasteiger partial charge in [0.2, 0.25) is 0 Å². The largest absolute Gasteiger partial charge is 0.324 e. The molecule has 0 amide bonds. The van der Waals surface area contributed by atoms with Crippen molar-refractivity contribution in [3.8, 4) is 5.82 Å². The first-order chi connectivity index (χ1) is 8.36. The molecule has 0 radical (unpaired) electrons. The summed E-state index contributed by atoms with van der Waals surface area (Å²) >= 11 is 0. The van der Waals surface area contributed by atoms with Crippen molar-refractivity contribution < 1.29 is 0 Å². The topological polar surface area (TPSA) is 82.5 Å². The van der Waals surface area contributed by atoms with Gasteiger partial charge in [0.15, 0.2) is 11.6 Å². The SMILES string of the molecule is NCc1ncn(-c2cnc3ccccc3n2)n1. The van der Waals surface area contributed by atoms with Crippen molar-refractivity contribution >= 4 is 11.0 Å². The first kappa shape index (κ1) is 9.86. The van der Waals surface area contributed by atoms with Crippen LogP contribution >= 0.6 is 0 Å². The van der Waals surface area contributed by atoms with Crippen LogP contribution in [0, 0.1) is 0 Å². The van der Waals surface area contributed by atoms with Crippen LogP contribution in [0.4, 0.5) is 0 Å². The standard InChI is InChI=1S/C11H10N6/c12-5-10-14-7-17(16-10)11-6-13-8-3-1-2-4-9(8)15-11/h1-4,6-7H,5,12H2. The summed E-state index contributed by atoms with van der Waals surface area (Å²) in [4.78, 5) is 12.8. The second-order valence-electron chi connectivity index (χ2n) is 3.53. The molecular formula is C11H10N6. The Balaban J connectivity index is 2.11. The van der Waals surface area contributed by atoms with Crippen LogP contribution in [0.5, 0.6) is 0 Å². The predicted molar refractivity (Wildman–Crippen MR) is 62.3 cm³/mol. The van der Waals surface area contributed by atoms with Gasteiger partial charge in [-0.2, -0.15) is 0 Å². The highest BCUT2D eigenvalue weighted by atomic mass is 15.4. The zero-order valence-corrected chi connectivity index (χ0v) is 8.98. The fraction of sp³-hybridized carbons (Fsp3) is 0.0909. The van der Waals surface area contributed by atoms with Crippen molar-refractivity contribution in [3.63, 3.8) is 0 Å². The molecule has 0 atom stereocenters. The van der Waals surface area contributed by atoms with E-state index in [1.54, 1.807) is 17.2 Å². The lowest BCUT2D eigenvalue weighted by Gasteiger charge is -2.00. The summed E-state index contributed by atoms with van der Waals surface area (Å²) in [6, 6.07) is 7.68. The second kappa shape index (κ2) is 3.91. The van der Waals surface area contributed by atoms with Gasteiger partial charge in [0, 0.05) is 0 Å². The van der Waals surface area contributed by atoms with E-state index >= 15 is 0 Å². The summed E-state index contributed by atoms with van der Waals surface area (Å²) in [7, 11) is 0. The van der Waals surface area contributed by atoms with Crippen LogP contribution in [0.1, 0.15) is 5.82 Å². The molecule has 0 aliphatic heterocycles. The van der Waals surface area contributed by atoms with Crippen LogP contribution in [-0.4, -0.2) is 24.7 Å². The molecule has 6 nitrogen and oxygen atoms in total. The highest BCUT2D eigenvalue weighted by Crippen LogP contribution is 2.10. The molecule has 0 unspecified atom stereocenters. The molecule has 17 heavy (non-hydrogen) atoms. The molecule has 2 aromatic heterocycles. The molecule has 2 N–H and O–H groups in total. The molecule has 0 bridgehead atoms. The van der Waals surface area contributed by atoms with Gasteiger partial charge < -0.3 is 5.73 Å². The minimum Gasteiger partial charge on any atom is -0.324 e. The van der Waals surface area contributed by atoms with Crippen molar-refractivity contribution in [3.05, 3.63) is 42.6 Å². The smallest absolute Gasteiger partial charge is 0.174 e. The van der Waals surface area contributed by atoms with Crippen LogP contribution in [0.3, 0.4) is 0 Å². The molecule has 1 aromatic carbocycles. The minimum atomic E-state index is 0.314. The third-order valence-electron chi connectivity index (χ3n) is 2.39. The van der Waals surface area contributed by atoms with E-state index in [1.165, 1.54) is 0 Å². The number of rotatable bonds is 2. The molecule has 0 saturated carbocycles. The Morgan fingerprint density at radius 3 is 2.71 bits per heavy atom. The summed E-state index contributed by atoms with van der Waals surface area (Å²) in [5, 5.41) is 4.18. The number of fused-ring (bicyclic) bond motifs is 1. The lowest BCUT2D eigenvalue weighted by atomic mass is 10.3. The van der Waals surface area contributed by atoms with Gasteiger partial charge in [-0.15, -0.1) is 5.10 Å². The predicted octanol–water partition coefficient (Wildman–Crippen LogP) is 0.669. The molecule has 3 rings (SSSR count). The normalized spacial score (nSPS) is 10.9. The first-order valence-corrected chi connectivity index (χ1v) is 5.19. The summed E-state index contributed by atoms with van der Waals surface area (Å²) in [6.45, 7) is 0.314. The fourth-order valence-corrected chi connectivity index (χ4v) is 1.56.